The van der Waals surface area contributed by atoms with Crippen LogP contribution < -0.4 is 0 Å². The lowest BCUT2D eigenvalue weighted by Crippen LogP contribution is -2.00. The zero-order valence-corrected chi connectivity index (χ0v) is 30.9. The van der Waals surface area contributed by atoms with Gasteiger partial charge in [0.25, 0.3) is 0 Å². The molecule has 4 heterocycles. The first kappa shape index (κ1) is 32.2. The normalized spacial score (nSPS) is 11.6. The summed E-state index contributed by atoms with van der Waals surface area (Å²) in [5.74, 6) is 1.94. The van der Waals surface area contributed by atoms with Crippen LogP contribution >= 0.6 is 11.3 Å². The lowest BCUT2D eigenvalue weighted by Gasteiger charge is -2.11. The van der Waals surface area contributed by atoms with Gasteiger partial charge in [0.15, 0.2) is 17.5 Å². The van der Waals surface area contributed by atoms with Crippen LogP contribution in [0.15, 0.2) is 188 Å². The second kappa shape index (κ2) is 13.2. The maximum Gasteiger partial charge on any atom is 0.164 e. The molecule has 6 heteroatoms. The summed E-state index contributed by atoms with van der Waals surface area (Å²) in [5, 5.41) is 3.54. The number of nitrogens with zero attached hydrogens (tertiary/aromatic N) is 5. The van der Waals surface area contributed by atoms with Crippen LogP contribution in [0.2, 0.25) is 0 Å². The van der Waals surface area contributed by atoms with Crippen LogP contribution in [0, 0.1) is 0 Å². The largest absolute Gasteiger partial charge is 0.308 e. The minimum atomic E-state index is 0.640. The number of hydrogen-bond acceptors (Lipinski definition) is 5. The van der Waals surface area contributed by atoms with E-state index in [1.165, 1.54) is 36.6 Å². The maximum atomic E-state index is 5.50. The Kier molecular flexibility index (Phi) is 7.60. The van der Waals surface area contributed by atoms with Gasteiger partial charge in [0, 0.05) is 48.8 Å². The van der Waals surface area contributed by atoms with Crippen LogP contribution in [0.1, 0.15) is 0 Å². The SMILES string of the molecule is c1ccc(-c2nc(-c3ccccc3)nc(-c3ccc(-c4ccc(-c5nc6c7ccccc7sc6c6c5c5ccccc5n6-c5ccccc5)cc4)cc3)n2)cc1. The van der Waals surface area contributed by atoms with Gasteiger partial charge in [0.1, 0.15) is 0 Å². The molecular formula is C50H31N5S. The van der Waals surface area contributed by atoms with Crippen molar-refractivity contribution in [2.75, 3.05) is 0 Å². The number of hydrogen-bond donors (Lipinski definition) is 0. The Bertz CT molecular complexity index is 3150. The molecule has 0 radical (unpaired) electrons. The first-order chi connectivity index (χ1) is 27.8. The highest BCUT2D eigenvalue weighted by molar-refractivity contribution is 7.26. The van der Waals surface area contributed by atoms with Crippen molar-refractivity contribution in [3.8, 4) is 62.2 Å². The number of rotatable bonds is 6. The third kappa shape index (κ3) is 5.38. The minimum Gasteiger partial charge on any atom is -0.308 e. The van der Waals surface area contributed by atoms with Crippen molar-refractivity contribution in [2.45, 2.75) is 0 Å². The van der Waals surface area contributed by atoms with Gasteiger partial charge in [0.2, 0.25) is 0 Å². The van der Waals surface area contributed by atoms with Crippen molar-refractivity contribution in [3.05, 3.63) is 188 Å². The number of para-hydroxylation sites is 2. The molecule has 0 amide bonds. The van der Waals surface area contributed by atoms with E-state index in [0.29, 0.717) is 17.5 Å². The Morgan fingerprint density at radius 1 is 0.375 bits per heavy atom. The number of aromatic nitrogens is 5. The van der Waals surface area contributed by atoms with Crippen molar-refractivity contribution in [3.63, 3.8) is 0 Å². The average Bonchev–Trinajstić information content (AvgIpc) is 3.83. The molecule has 0 fully saturated rings. The fourth-order valence-corrected chi connectivity index (χ4v) is 8.97. The molecule has 0 saturated carbocycles. The highest BCUT2D eigenvalue weighted by Crippen LogP contribution is 2.45. The molecular weight excluding hydrogens is 703 g/mol. The van der Waals surface area contributed by atoms with Gasteiger partial charge in [-0.05, 0) is 35.4 Å². The lowest BCUT2D eigenvalue weighted by molar-refractivity contribution is 1.07. The van der Waals surface area contributed by atoms with E-state index in [1.54, 1.807) is 0 Å². The Hall–Kier alpha value is -7.28. The van der Waals surface area contributed by atoms with E-state index in [9.17, 15) is 0 Å². The molecule has 11 rings (SSSR count). The third-order valence-electron chi connectivity index (χ3n) is 10.5. The Morgan fingerprint density at radius 2 is 0.839 bits per heavy atom. The van der Waals surface area contributed by atoms with Crippen molar-refractivity contribution < 1.29 is 0 Å². The first-order valence-corrected chi connectivity index (χ1v) is 19.5. The summed E-state index contributed by atoms with van der Waals surface area (Å²) in [5.41, 5.74) is 11.7. The fourth-order valence-electron chi connectivity index (χ4n) is 7.79. The number of pyridine rings is 1. The molecule has 0 aliphatic rings. The molecule has 0 atom stereocenters. The maximum absolute atomic E-state index is 5.50. The molecule has 56 heavy (non-hydrogen) atoms. The summed E-state index contributed by atoms with van der Waals surface area (Å²) in [6.07, 6.45) is 0. The predicted molar refractivity (Wildman–Crippen MR) is 232 cm³/mol. The number of thiophene rings is 1. The summed E-state index contributed by atoms with van der Waals surface area (Å²) < 4.78 is 4.86. The highest BCUT2D eigenvalue weighted by atomic mass is 32.1. The third-order valence-corrected chi connectivity index (χ3v) is 11.6. The summed E-state index contributed by atoms with van der Waals surface area (Å²) in [7, 11) is 0. The van der Waals surface area contributed by atoms with Gasteiger partial charge < -0.3 is 4.57 Å². The van der Waals surface area contributed by atoms with Gasteiger partial charge in [0.05, 0.1) is 26.9 Å². The van der Waals surface area contributed by atoms with E-state index in [-0.39, 0.29) is 0 Å². The summed E-state index contributed by atoms with van der Waals surface area (Å²) in [6.45, 7) is 0. The van der Waals surface area contributed by atoms with Crippen LogP contribution in [0.25, 0.3) is 104 Å². The lowest BCUT2D eigenvalue weighted by atomic mass is 9.99. The van der Waals surface area contributed by atoms with Gasteiger partial charge >= 0.3 is 0 Å². The molecule has 0 aliphatic carbocycles. The van der Waals surface area contributed by atoms with Gasteiger partial charge in [-0.25, -0.2) is 19.9 Å². The fraction of sp³-hybridized carbons (Fsp3) is 0. The monoisotopic (exact) mass is 733 g/mol. The van der Waals surface area contributed by atoms with E-state index in [2.05, 4.69) is 132 Å². The Balaban J connectivity index is 1.02. The summed E-state index contributed by atoms with van der Waals surface area (Å²) in [6, 6.07) is 65.5. The molecule has 11 aromatic rings. The van der Waals surface area contributed by atoms with E-state index in [1.807, 2.05) is 72.0 Å². The van der Waals surface area contributed by atoms with Crippen molar-refractivity contribution in [1.29, 1.82) is 0 Å². The van der Waals surface area contributed by atoms with Crippen LogP contribution in [0.4, 0.5) is 0 Å². The molecule has 7 aromatic carbocycles. The quantitative estimate of drug-likeness (QED) is 0.171. The number of fused-ring (bicyclic) bond motifs is 7. The first-order valence-electron chi connectivity index (χ1n) is 18.6. The number of benzene rings is 7. The highest BCUT2D eigenvalue weighted by Gasteiger charge is 2.23. The molecule has 0 N–H and O–H groups in total. The van der Waals surface area contributed by atoms with Gasteiger partial charge in [-0.15, -0.1) is 11.3 Å². The van der Waals surface area contributed by atoms with E-state index in [0.717, 1.165) is 50.3 Å². The molecule has 4 aromatic heterocycles. The molecule has 0 saturated heterocycles. The van der Waals surface area contributed by atoms with Gasteiger partial charge in [-0.2, -0.15) is 0 Å². The standard InChI is InChI=1S/C50H31N5S/c1-4-14-35(15-5-1)48-52-49(36-16-6-2-7-17-36)54-50(53-48)37-30-26-33(27-31-37)32-24-28-34(29-25-32)44-43-39-20-10-12-22-41(39)55(38-18-8-3-9-19-38)46(43)47-45(51-44)40-21-11-13-23-42(40)56-47/h1-31H. The second-order valence-corrected chi connectivity index (χ2v) is 14.9. The smallest absolute Gasteiger partial charge is 0.164 e. The molecule has 5 nitrogen and oxygen atoms in total. The molecule has 0 unspecified atom stereocenters. The zero-order valence-electron chi connectivity index (χ0n) is 30.0. The van der Waals surface area contributed by atoms with Crippen LogP contribution in [-0.4, -0.2) is 24.5 Å². The van der Waals surface area contributed by atoms with Gasteiger partial charge in [-0.1, -0.05) is 164 Å². The van der Waals surface area contributed by atoms with Crippen LogP contribution in [0.3, 0.4) is 0 Å². The van der Waals surface area contributed by atoms with Crippen molar-refractivity contribution >= 4 is 53.4 Å². The van der Waals surface area contributed by atoms with Crippen molar-refractivity contribution in [1.82, 2.24) is 24.5 Å². The molecule has 262 valence electrons. The van der Waals surface area contributed by atoms with E-state index in [4.69, 9.17) is 19.9 Å². The van der Waals surface area contributed by atoms with Crippen LogP contribution in [-0.2, 0) is 0 Å². The molecule has 0 aliphatic heterocycles. The van der Waals surface area contributed by atoms with Crippen molar-refractivity contribution in [2.24, 2.45) is 0 Å². The van der Waals surface area contributed by atoms with E-state index >= 15 is 0 Å². The zero-order chi connectivity index (χ0) is 37.0. The summed E-state index contributed by atoms with van der Waals surface area (Å²) >= 11 is 1.82. The predicted octanol–water partition coefficient (Wildman–Crippen LogP) is 13.1. The molecule has 0 bridgehead atoms. The average molecular weight is 734 g/mol. The van der Waals surface area contributed by atoms with Crippen LogP contribution in [0.5, 0.6) is 0 Å². The van der Waals surface area contributed by atoms with Gasteiger partial charge in [-0.3, -0.25) is 0 Å². The Labute approximate surface area is 326 Å². The summed E-state index contributed by atoms with van der Waals surface area (Å²) in [4.78, 5) is 20.2. The second-order valence-electron chi connectivity index (χ2n) is 13.8. The topological polar surface area (TPSA) is 56.5 Å². The Morgan fingerprint density at radius 3 is 1.45 bits per heavy atom. The minimum absolute atomic E-state index is 0.640. The van der Waals surface area contributed by atoms with E-state index < -0.39 is 0 Å². The molecule has 0 spiro atoms.